The number of nitrogens with two attached hydrogens (primary N) is 1. The van der Waals surface area contributed by atoms with Gasteiger partial charge in [-0.05, 0) is 25.5 Å². The predicted octanol–water partition coefficient (Wildman–Crippen LogP) is 1.72. The Balaban J connectivity index is 2.11. The van der Waals surface area contributed by atoms with Crippen LogP contribution in [0, 0.1) is 0 Å². The first-order valence-electron chi connectivity index (χ1n) is 6.28. The average molecular weight is 235 g/mol. The summed E-state index contributed by atoms with van der Waals surface area (Å²) in [6.07, 6.45) is 2.84. The molecule has 94 valence electrons. The predicted molar refractivity (Wildman–Crippen MR) is 69.1 cm³/mol. The van der Waals surface area contributed by atoms with E-state index < -0.39 is 0 Å². The number of ether oxygens (including phenoxy) is 1. The second kappa shape index (κ2) is 5.47. The Kier molecular flexibility index (Phi) is 3.97. The molecule has 0 aliphatic carbocycles. The first-order chi connectivity index (χ1) is 8.22. The SMILES string of the molecule is CC[C@@H](N)c1ccc(N2CCOCC2C)cn1. The molecule has 1 fully saturated rings. The smallest absolute Gasteiger partial charge is 0.0668 e. The minimum absolute atomic E-state index is 0.0474. The quantitative estimate of drug-likeness (QED) is 0.866. The Hall–Kier alpha value is -1.13. The molecule has 0 aromatic carbocycles. The molecule has 17 heavy (non-hydrogen) atoms. The van der Waals surface area contributed by atoms with Gasteiger partial charge in [0.05, 0.1) is 30.8 Å². The van der Waals surface area contributed by atoms with Crippen LogP contribution in [0.15, 0.2) is 18.3 Å². The van der Waals surface area contributed by atoms with E-state index in [0.29, 0.717) is 6.04 Å². The van der Waals surface area contributed by atoms with Crippen LogP contribution in [-0.4, -0.2) is 30.8 Å². The normalized spacial score (nSPS) is 22.5. The van der Waals surface area contributed by atoms with Crippen LogP contribution in [0.2, 0.25) is 0 Å². The third-order valence-corrected chi connectivity index (χ3v) is 3.29. The van der Waals surface area contributed by atoms with Gasteiger partial charge in [-0.1, -0.05) is 6.92 Å². The molecule has 2 heterocycles. The summed E-state index contributed by atoms with van der Waals surface area (Å²) in [5.41, 5.74) is 8.08. The molecule has 0 radical (unpaired) electrons. The maximum Gasteiger partial charge on any atom is 0.0668 e. The number of pyridine rings is 1. The molecular formula is C13H21N3O. The van der Waals surface area contributed by atoms with Gasteiger partial charge >= 0.3 is 0 Å². The second-order valence-electron chi connectivity index (χ2n) is 4.57. The molecule has 1 saturated heterocycles. The van der Waals surface area contributed by atoms with E-state index in [-0.39, 0.29) is 6.04 Å². The molecule has 0 bridgehead atoms. The van der Waals surface area contributed by atoms with Crippen LogP contribution in [0.5, 0.6) is 0 Å². The molecular weight excluding hydrogens is 214 g/mol. The summed E-state index contributed by atoms with van der Waals surface area (Å²) in [6, 6.07) is 4.60. The minimum Gasteiger partial charge on any atom is -0.377 e. The number of morpholine rings is 1. The van der Waals surface area contributed by atoms with Crippen molar-refractivity contribution in [3.63, 3.8) is 0 Å². The highest BCUT2D eigenvalue weighted by Gasteiger charge is 2.19. The van der Waals surface area contributed by atoms with Gasteiger partial charge in [0, 0.05) is 18.6 Å². The van der Waals surface area contributed by atoms with Gasteiger partial charge in [-0.25, -0.2) is 0 Å². The molecule has 1 unspecified atom stereocenters. The fourth-order valence-electron chi connectivity index (χ4n) is 2.11. The Morgan fingerprint density at radius 2 is 2.41 bits per heavy atom. The van der Waals surface area contributed by atoms with Crippen LogP contribution in [0.1, 0.15) is 32.0 Å². The first-order valence-corrected chi connectivity index (χ1v) is 6.28. The van der Waals surface area contributed by atoms with Gasteiger partial charge in [-0.2, -0.15) is 0 Å². The van der Waals surface area contributed by atoms with Crippen LogP contribution < -0.4 is 10.6 Å². The van der Waals surface area contributed by atoms with E-state index in [0.717, 1.165) is 37.6 Å². The van der Waals surface area contributed by atoms with Crippen molar-refractivity contribution in [2.75, 3.05) is 24.7 Å². The third kappa shape index (κ3) is 2.76. The molecule has 4 nitrogen and oxygen atoms in total. The van der Waals surface area contributed by atoms with E-state index in [1.165, 1.54) is 0 Å². The lowest BCUT2D eigenvalue weighted by atomic mass is 10.1. The molecule has 4 heteroatoms. The lowest BCUT2D eigenvalue weighted by Gasteiger charge is -2.35. The summed E-state index contributed by atoms with van der Waals surface area (Å²) >= 11 is 0. The summed E-state index contributed by atoms with van der Waals surface area (Å²) < 4.78 is 5.43. The fourth-order valence-corrected chi connectivity index (χ4v) is 2.11. The minimum atomic E-state index is 0.0474. The molecule has 2 rings (SSSR count). The Labute approximate surface area is 103 Å². The molecule has 0 amide bonds. The van der Waals surface area contributed by atoms with Crippen molar-refractivity contribution in [2.45, 2.75) is 32.4 Å². The topological polar surface area (TPSA) is 51.4 Å². The number of aromatic nitrogens is 1. The molecule has 1 aromatic rings. The maximum absolute atomic E-state index is 5.95. The highest BCUT2D eigenvalue weighted by atomic mass is 16.5. The van der Waals surface area contributed by atoms with E-state index >= 15 is 0 Å². The average Bonchev–Trinajstić information content (AvgIpc) is 2.39. The zero-order valence-electron chi connectivity index (χ0n) is 10.6. The Morgan fingerprint density at radius 3 is 3.00 bits per heavy atom. The first kappa shape index (κ1) is 12.3. The lowest BCUT2D eigenvalue weighted by Crippen LogP contribution is -2.43. The molecule has 0 spiro atoms. The summed E-state index contributed by atoms with van der Waals surface area (Å²) in [4.78, 5) is 6.78. The second-order valence-corrected chi connectivity index (χ2v) is 4.57. The van der Waals surface area contributed by atoms with Crippen molar-refractivity contribution in [3.8, 4) is 0 Å². The largest absolute Gasteiger partial charge is 0.377 e. The van der Waals surface area contributed by atoms with Crippen LogP contribution >= 0.6 is 0 Å². The van der Waals surface area contributed by atoms with Gasteiger partial charge in [0.15, 0.2) is 0 Å². The number of anilines is 1. The van der Waals surface area contributed by atoms with Crippen LogP contribution in [0.4, 0.5) is 5.69 Å². The van der Waals surface area contributed by atoms with Crippen molar-refractivity contribution >= 4 is 5.69 Å². The van der Waals surface area contributed by atoms with Gasteiger partial charge < -0.3 is 15.4 Å². The third-order valence-electron chi connectivity index (χ3n) is 3.29. The molecule has 0 saturated carbocycles. The van der Waals surface area contributed by atoms with Crippen LogP contribution in [-0.2, 0) is 4.74 Å². The standard InChI is InChI=1S/C13H21N3O/c1-3-12(14)13-5-4-11(8-15-13)16-6-7-17-9-10(16)2/h4-5,8,10,12H,3,6-7,9,14H2,1-2H3/t10?,12-/m1/s1. The Morgan fingerprint density at radius 1 is 1.59 bits per heavy atom. The van der Waals surface area contributed by atoms with E-state index in [2.05, 4.69) is 29.8 Å². The highest BCUT2D eigenvalue weighted by molar-refractivity contribution is 5.46. The summed E-state index contributed by atoms with van der Waals surface area (Å²) in [5.74, 6) is 0. The van der Waals surface area contributed by atoms with Gasteiger partial charge in [-0.15, -0.1) is 0 Å². The van der Waals surface area contributed by atoms with Gasteiger partial charge in [-0.3, -0.25) is 4.98 Å². The van der Waals surface area contributed by atoms with Crippen molar-refractivity contribution in [1.82, 2.24) is 4.98 Å². The van der Waals surface area contributed by atoms with E-state index in [1.807, 2.05) is 12.3 Å². The van der Waals surface area contributed by atoms with E-state index in [4.69, 9.17) is 10.5 Å². The Bertz CT molecular complexity index is 352. The number of hydrogen-bond donors (Lipinski definition) is 1. The van der Waals surface area contributed by atoms with Gasteiger partial charge in [0.2, 0.25) is 0 Å². The van der Waals surface area contributed by atoms with Crippen LogP contribution in [0.25, 0.3) is 0 Å². The number of rotatable bonds is 3. The summed E-state index contributed by atoms with van der Waals surface area (Å²) in [6.45, 7) is 6.76. The van der Waals surface area contributed by atoms with Crippen molar-refractivity contribution < 1.29 is 4.74 Å². The fraction of sp³-hybridized carbons (Fsp3) is 0.615. The summed E-state index contributed by atoms with van der Waals surface area (Å²) in [5, 5.41) is 0. The van der Waals surface area contributed by atoms with Crippen molar-refractivity contribution in [3.05, 3.63) is 24.0 Å². The lowest BCUT2D eigenvalue weighted by molar-refractivity contribution is 0.0989. The van der Waals surface area contributed by atoms with E-state index in [9.17, 15) is 0 Å². The number of nitrogens with zero attached hydrogens (tertiary/aromatic N) is 2. The monoisotopic (exact) mass is 235 g/mol. The molecule has 2 atom stereocenters. The maximum atomic E-state index is 5.95. The van der Waals surface area contributed by atoms with Crippen LogP contribution in [0.3, 0.4) is 0 Å². The van der Waals surface area contributed by atoms with Crippen molar-refractivity contribution in [2.24, 2.45) is 5.73 Å². The molecule has 1 aliphatic heterocycles. The summed E-state index contributed by atoms with van der Waals surface area (Å²) in [7, 11) is 0. The molecule has 1 aromatic heterocycles. The zero-order valence-corrected chi connectivity index (χ0v) is 10.6. The molecule has 2 N–H and O–H groups in total. The van der Waals surface area contributed by atoms with Crippen molar-refractivity contribution in [1.29, 1.82) is 0 Å². The van der Waals surface area contributed by atoms with E-state index in [1.54, 1.807) is 0 Å². The zero-order chi connectivity index (χ0) is 12.3. The van der Waals surface area contributed by atoms with Gasteiger partial charge in [0.25, 0.3) is 0 Å². The number of hydrogen-bond acceptors (Lipinski definition) is 4. The molecule has 1 aliphatic rings. The van der Waals surface area contributed by atoms with Gasteiger partial charge in [0.1, 0.15) is 0 Å². The highest BCUT2D eigenvalue weighted by Crippen LogP contribution is 2.20.